The van der Waals surface area contributed by atoms with Crippen LogP contribution in [-0.4, -0.2) is 38.8 Å². The molecule has 0 aromatic carbocycles. The number of piperidine rings is 1. The van der Waals surface area contributed by atoms with E-state index in [1.807, 2.05) is 24.8 Å². The maximum Gasteiger partial charge on any atom is 0.245 e. The number of hydrogen-bond donors (Lipinski definition) is 1. The lowest BCUT2D eigenvalue weighted by atomic mass is 9.94. The van der Waals surface area contributed by atoms with E-state index in [9.17, 15) is 4.79 Å². The van der Waals surface area contributed by atoms with Gasteiger partial charge in [0.05, 0.1) is 11.4 Å². The molecule has 0 aliphatic carbocycles. The van der Waals surface area contributed by atoms with Gasteiger partial charge in [0.2, 0.25) is 5.91 Å². The van der Waals surface area contributed by atoms with Crippen molar-refractivity contribution in [3.05, 3.63) is 40.8 Å². The largest absolute Gasteiger partial charge is 0.339 e. The lowest BCUT2D eigenvalue weighted by Crippen LogP contribution is -2.38. The second-order valence-corrected chi connectivity index (χ2v) is 7.54. The first-order valence-corrected chi connectivity index (χ1v) is 9.26. The molecule has 2 aromatic heterocycles. The summed E-state index contributed by atoms with van der Waals surface area (Å²) < 4.78 is 0. The first-order chi connectivity index (χ1) is 12.0. The minimum Gasteiger partial charge on any atom is -0.339 e. The first-order valence-electron chi connectivity index (χ1n) is 8.44. The molecule has 0 radical (unpaired) electrons. The zero-order valence-electron chi connectivity index (χ0n) is 14.9. The average Bonchev–Trinajstić information content (AvgIpc) is 2.91. The predicted molar refractivity (Wildman–Crippen MR) is 100 cm³/mol. The van der Waals surface area contributed by atoms with Gasteiger partial charge in [-0.05, 0) is 39.7 Å². The Hall–Kier alpha value is -2.28. The zero-order chi connectivity index (χ0) is 18.0. The summed E-state index contributed by atoms with van der Waals surface area (Å²) in [5.74, 6) is 1.68. The Bertz CT molecular complexity index is 781. The lowest BCUT2D eigenvalue weighted by Gasteiger charge is -2.32. The number of nitrogens with one attached hydrogen (secondary N) is 1. The smallest absolute Gasteiger partial charge is 0.245 e. The monoisotopic (exact) mass is 357 g/mol. The van der Waals surface area contributed by atoms with Crippen LogP contribution in [0.15, 0.2) is 18.7 Å². The van der Waals surface area contributed by atoms with Crippen molar-refractivity contribution in [2.24, 2.45) is 0 Å². The first kappa shape index (κ1) is 17.5. The van der Waals surface area contributed by atoms with Gasteiger partial charge >= 0.3 is 0 Å². The molecule has 1 aliphatic heterocycles. The molecule has 132 valence electrons. The summed E-state index contributed by atoms with van der Waals surface area (Å²) in [6.45, 7) is 11.0. The van der Waals surface area contributed by atoms with E-state index in [-0.39, 0.29) is 11.8 Å². The molecule has 2 aromatic rings. The number of rotatable bonds is 4. The molecule has 0 unspecified atom stereocenters. The summed E-state index contributed by atoms with van der Waals surface area (Å²) in [5.41, 5.74) is 2.01. The number of likely N-dealkylation sites (tertiary alicyclic amines) is 1. The van der Waals surface area contributed by atoms with Crippen molar-refractivity contribution < 1.29 is 4.79 Å². The Balaban J connectivity index is 1.81. The molecule has 0 bridgehead atoms. The van der Waals surface area contributed by atoms with Crippen LogP contribution in [0.25, 0.3) is 0 Å². The van der Waals surface area contributed by atoms with Crippen LogP contribution in [-0.2, 0) is 4.79 Å². The lowest BCUT2D eigenvalue weighted by molar-refractivity contribution is -0.127. The molecule has 7 heteroatoms. The Kier molecular flexibility index (Phi) is 5.13. The molecule has 1 saturated heterocycles. The molecule has 3 rings (SSSR count). The highest BCUT2D eigenvalue weighted by Crippen LogP contribution is 2.29. The summed E-state index contributed by atoms with van der Waals surface area (Å²) in [4.78, 5) is 28.5. The number of amides is 1. The summed E-state index contributed by atoms with van der Waals surface area (Å²) in [5, 5.41) is 4.13. The third-order valence-electron chi connectivity index (χ3n) is 4.45. The van der Waals surface area contributed by atoms with Crippen molar-refractivity contribution in [2.45, 2.75) is 39.5 Å². The predicted octanol–water partition coefficient (Wildman–Crippen LogP) is 3.49. The number of thiazole rings is 1. The second-order valence-electron chi connectivity index (χ2n) is 6.34. The van der Waals surface area contributed by atoms with Gasteiger partial charge in [0.1, 0.15) is 11.6 Å². The second kappa shape index (κ2) is 7.31. The molecule has 0 spiro atoms. The van der Waals surface area contributed by atoms with Crippen LogP contribution in [0.3, 0.4) is 0 Å². The van der Waals surface area contributed by atoms with Crippen LogP contribution < -0.4 is 5.32 Å². The SMILES string of the molecule is C=CC(=O)N1CCC[C@@H](c2cc(Nc3nc(C)c(C)s3)nc(C)n2)C1. The number of carbonyl (C=O) groups excluding carboxylic acids is 1. The van der Waals surface area contributed by atoms with Crippen molar-refractivity contribution in [2.75, 3.05) is 18.4 Å². The highest BCUT2D eigenvalue weighted by Gasteiger charge is 2.25. The summed E-state index contributed by atoms with van der Waals surface area (Å²) >= 11 is 1.62. The number of aryl methyl sites for hydroxylation is 3. The molecule has 25 heavy (non-hydrogen) atoms. The minimum absolute atomic E-state index is 0.0115. The van der Waals surface area contributed by atoms with Crippen LogP contribution in [0.2, 0.25) is 0 Å². The molecule has 1 atom stereocenters. The molecular weight excluding hydrogens is 334 g/mol. The summed E-state index contributed by atoms with van der Waals surface area (Å²) in [7, 11) is 0. The van der Waals surface area contributed by atoms with Gasteiger partial charge in [0.25, 0.3) is 0 Å². The van der Waals surface area contributed by atoms with Gasteiger partial charge in [0.15, 0.2) is 5.13 Å². The van der Waals surface area contributed by atoms with Crippen molar-refractivity contribution in [1.29, 1.82) is 0 Å². The standard InChI is InChI=1S/C18H23N5OS/c1-5-17(24)23-8-6-7-14(10-23)15-9-16(21-13(4)20-15)22-18-19-11(2)12(3)25-18/h5,9,14H,1,6-8,10H2,2-4H3,(H,19,20,21,22)/t14-/m1/s1. The topological polar surface area (TPSA) is 71.0 Å². The zero-order valence-corrected chi connectivity index (χ0v) is 15.7. The van der Waals surface area contributed by atoms with E-state index >= 15 is 0 Å². The maximum absolute atomic E-state index is 11.9. The Morgan fingerprint density at radius 3 is 2.84 bits per heavy atom. The van der Waals surface area contributed by atoms with E-state index < -0.39 is 0 Å². The van der Waals surface area contributed by atoms with E-state index in [2.05, 4.69) is 33.8 Å². The van der Waals surface area contributed by atoms with Gasteiger partial charge < -0.3 is 10.2 Å². The molecule has 1 amide bonds. The minimum atomic E-state index is -0.0115. The van der Waals surface area contributed by atoms with Crippen molar-refractivity contribution in [3.63, 3.8) is 0 Å². The van der Waals surface area contributed by atoms with Gasteiger partial charge in [-0.25, -0.2) is 15.0 Å². The summed E-state index contributed by atoms with van der Waals surface area (Å²) in [6.07, 6.45) is 3.38. The van der Waals surface area contributed by atoms with Crippen molar-refractivity contribution in [3.8, 4) is 0 Å². The Labute approximate surface area is 152 Å². The number of carbonyl (C=O) groups is 1. The highest BCUT2D eigenvalue weighted by molar-refractivity contribution is 7.15. The Morgan fingerprint density at radius 1 is 1.36 bits per heavy atom. The molecule has 0 saturated carbocycles. The third kappa shape index (κ3) is 4.04. The van der Waals surface area contributed by atoms with Gasteiger partial charge in [-0.2, -0.15) is 0 Å². The van der Waals surface area contributed by atoms with E-state index in [0.717, 1.165) is 47.5 Å². The molecule has 1 aliphatic rings. The van der Waals surface area contributed by atoms with Crippen LogP contribution >= 0.6 is 11.3 Å². The van der Waals surface area contributed by atoms with Crippen LogP contribution in [0.1, 0.15) is 40.8 Å². The number of hydrogen-bond acceptors (Lipinski definition) is 6. The normalized spacial score (nSPS) is 17.4. The van der Waals surface area contributed by atoms with Gasteiger partial charge in [-0.1, -0.05) is 6.58 Å². The van der Waals surface area contributed by atoms with E-state index in [1.54, 1.807) is 11.3 Å². The Morgan fingerprint density at radius 2 is 2.16 bits per heavy atom. The van der Waals surface area contributed by atoms with Crippen LogP contribution in [0.5, 0.6) is 0 Å². The fourth-order valence-corrected chi connectivity index (χ4v) is 3.87. The van der Waals surface area contributed by atoms with Crippen molar-refractivity contribution >= 4 is 28.2 Å². The fraction of sp³-hybridized carbons (Fsp3) is 0.444. The average molecular weight is 357 g/mol. The van der Waals surface area contributed by atoms with Gasteiger partial charge in [0, 0.05) is 30.0 Å². The molecular formula is C18H23N5OS. The molecule has 3 heterocycles. The maximum atomic E-state index is 11.9. The van der Waals surface area contributed by atoms with Crippen LogP contribution in [0, 0.1) is 20.8 Å². The number of nitrogens with zero attached hydrogens (tertiary/aromatic N) is 4. The molecule has 6 nitrogen and oxygen atoms in total. The van der Waals surface area contributed by atoms with Crippen LogP contribution in [0.4, 0.5) is 10.9 Å². The van der Waals surface area contributed by atoms with E-state index in [4.69, 9.17) is 0 Å². The number of anilines is 2. The van der Waals surface area contributed by atoms with E-state index in [1.165, 1.54) is 11.0 Å². The molecule has 1 fully saturated rings. The fourth-order valence-electron chi connectivity index (χ4n) is 3.05. The van der Waals surface area contributed by atoms with Gasteiger partial charge in [-0.15, -0.1) is 11.3 Å². The highest BCUT2D eigenvalue weighted by atomic mass is 32.1. The third-order valence-corrected chi connectivity index (χ3v) is 5.44. The summed E-state index contributed by atoms with van der Waals surface area (Å²) in [6, 6.07) is 1.98. The molecule has 1 N–H and O–H groups in total. The quantitative estimate of drug-likeness (QED) is 0.848. The van der Waals surface area contributed by atoms with E-state index in [0.29, 0.717) is 6.54 Å². The number of aromatic nitrogens is 3. The van der Waals surface area contributed by atoms with Crippen molar-refractivity contribution in [1.82, 2.24) is 19.9 Å². The van der Waals surface area contributed by atoms with Gasteiger partial charge in [-0.3, -0.25) is 4.79 Å².